The van der Waals surface area contributed by atoms with E-state index < -0.39 is 11.6 Å². The van der Waals surface area contributed by atoms with E-state index in [0.29, 0.717) is 11.4 Å². The molecular weight excluding hydrogens is 284 g/mol. The minimum Gasteiger partial charge on any atom is -0.348 e. The van der Waals surface area contributed by atoms with Crippen LogP contribution in [-0.2, 0) is 12.4 Å². The molecule has 0 radical (unpaired) electrons. The molecule has 1 N–H and O–H groups in total. The topological polar surface area (TPSA) is 29.1 Å². The van der Waals surface area contributed by atoms with Crippen LogP contribution >= 0.6 is 11.6 Å². The molecule has 0 unspecified atom stereocenters. The van der Waals surface area contributed by atoms with E-state index in [1.54, 1.807) is 24.3 Å². The third-order valence-electron chi connectivity index (χ3n) is 2.82. The predicted octanol–water partition coefficient (Wildman–Crippen LogP) is 3.63. The number of alkyl halides is 1. The number of rotatable bonds is 4. The molecule has 2 nitrogen and oxygen atoms in total. The molecule has 0 spiro atoms. The SMILES string of the molecule is O=C(NCc1ccc(F)cc1F)c1ccc(CCl)cc1. The number of carbonyl (C=O) groups is 1. The molecule has 0 fully saturated rings. The van der Waals surface area contributed by atoms with Gasteiger partial charge in [0.05, 0.1) is 0 Å². The second-order valence-electron chi connectivity index (χ2n) is 4.25. The molecule has 0 atom stereocenters. The highest BCUT2D eigenvalue weighted by molar-refractivity contribution is 6.17. The molecule has 0 aliphatic carbocycles. The van der Waals surface area contributed by atoms with Crippen molar-refractivity contribution >= 4 is 17.5 Å². The first-order valence-electron chi connectivity index (χ1n) is 5.97. The standard InChI is InChI=1S/C15H12ClF2NO/c16-8-10-1-3-11(4-2-10)15(20)19-9-12-5-6-13(17)7-14(12)18/h1-7H,8-9H2,(H,19,20). The number of amides is 1. The van der Waals surface area contributed by atoms with Crippen molar-refractivity contribution in [2.45, 2.75) is 12.4 Å². The molecule has 0 bridgehead atoms. The van der Waals surface area contributed by atoms with Gasteiger partial charge in [-0.2, -0.15) is 0 Å². The Hall–Kier alpha value is -1.94. The summed E-state index contributed by atoms with van der Waals surface area (Å²) < 4.78 is 26.1. The quantitative estimate of drug-likeness (QED) is 0.857. The Kier molecular flexibility index (Phi) is 4.69. The van der Waals surface area contributed by atoms with Crippen LogP contribution in [-0.4, -0.2) is 5.91 Å². The van der Waals surface area contributed by atoms with Crippen LogP contribution in [0.3, 0.4) is 0 Å². The van der Waals surface area contributed by atoms with Crippen LogP contribution in [0.25, 0.3) is 0 Å². The Labute approximate surface area is 120 Å². The first-order valence-corrected chi connectivity index (χ1v) is 6.50. The molecular formula is C15H12ClF2NO. The van der Waals surface area contributed by atoms with Gasteiger partial charge in [-0.05, 0) is 23.8 Å². The fourth-order valence-electron chi connectivity index (χ4n) is 1.69. The molecule has 5 heteroatoms. The number of hydrogen-bond donors (Lipinski definition) is 1. The smallest absolute Gasteiger partial charge is 0.251 e. The fourth-order valence-corrected chi connectivity index (χ4v) is 1.87. The van der Waals surface area contributed by atoms with E-state index in [1.165, 1.54) is 6.07 Å². The minimum atomic E-state index is -0.678. The summed E-state index contributed by atoms with van der Waals surface area (Å²) in [6, 6.07) is 10.0. The molecule has 0 saturated heterocycles. The van der Waals surface area contributed by atoms with Gasteiger partial charge in [0, 0.05) is 29.6 Å². The Bertz CT molecular complexity index is 614. The Balaban J connectivity index is 2.00. The average molecular weight is 296 g/mol. The highest BCUT2D eigenvalue weighted by Crippen LogP contribution is 2.10. The summed E-state index contributed by atoms with van der Waals surface area (Å²) in [4.78, 5) is 11.9. The van der Waals surface area contributed by atoms with E-state index >= 15 is 0 Å². The lowest BCUT2D eigenvalue weighted by Gasteiger charge is -2.07. The molecule has 0 saturated carbocycles. The molecule has 0 aromatic heterocycles. The van der Waals surface area contributed by atoms with Crippen LogP contribution in [0.1, 0.15) is 21.5 Å². The molecule has 0 aliphatic rings. The Morgan fingerprint density at radius 2 is 1.80 bits per heavy atom. The zero-order valence-electron chi connectivity index (χ0n) is 10.5. The summed E-state index contributed by atoms with van der Waals surface area (Å²) in [5.74, 6) is -1.27. The van der Waals surface area contributed by atoms with E-state index in [0.717, 1.165) is 17.7 Å². The summed E-state index contributed by atoms with van der Waals surface area (Å²) in [6.45, 7) is 0.00219. The van der Waals surface area contributed by atoms with E-state index in [9.17, 15) is 13.6 Å². The normalized spacial score (nSPS) is 10.3. The highest BCUT2D eigenvalue weighted by atomic mass is 35.5. The van der Waals surface area contributed by atoms with Crippen LogP contribution in [0, 0.1) is 11.6 Å². The van der Waals surface area contributed by atoms with Crippen molar-refractivity contribution in [3.63, 3.8) is 0 Å². The fraction of sp³-hybridized carbons (Fsp3) is 0.133. The van der Waals surface area contributed by atoms with Gasteiger partial charge >= 0.3 is 0 Å². The maximum absolute atomic E-state index is 13.4. The molecule has 0 heterocycles. The first kappa shape index (κ1) is 14.5. The number of carbonyl (C=O) groups excluding carboxylic acids is 1. The van der Waals surface area contributed by atoms with Crippen LogP contribution in [0.15, 0.2) is 42.5 Å². The summed E-state index contributed by atoms with van der Waals surface area (Å²) in [7, 11) is 0. The number of nitrogens with one attached hydrogen (secondary N) is 1. The van der Waals surface area contributed by atoms with Crippen molar-refractivity contribution in [3.8, 4) is 0 Å². The third-order valence-corrected chi connectivity index (χ3v) is 3.13. The second kappa shape index (κ2) is 6.48. The lowest BCUT2D eigenvalue weighted by atomic mass is 10.1. The van der Waals surface area contributed by atoms with Gasteiger partial charge in [-0.15, -0.1) is 11.6 Å². The molecule has 104 valence electrons. The molecule has 2 aromatic carbocycles. The van der Waals surface area contributed by atoms with Crippen LogP contribution in [0.4, 0.5) is 8.78 Å². The maximum Gasteiger partial charge on any atom is 0.251 e. The van der Waals surface area contributed by atoms with Gasteiger partial charge in [0.15, 0.2) is 0 Å². The van der Waals surface area contributed by atoms with Gasteiger partial charge in [-0.25, -0.2) is 8.78 Å². The van der Waals surface area contributed by atoms with Crippen molar-refractivity contribution in [1.29, 1.82) is 0 Å². The number of benzene rings is 2. The van der Waals surface area contributed by atoms with Crippen molar-refractivity contribution in [2.75, 3.05) is 0 Å². The van der Waals surface area contributed by atoms with Crippen LogP contribution in [0.2, 0.25) is 0 Å². The number of halogens is 3. The van der Waals surface area contributed by atoms with Gasteiger partial charge in [0.1, 0.15) is 11.6 Å². The second-order valence-corrected chi connectivity index (χ2v) is 4.52. The average Bonchev–Trinajstić information content (AvgIpc) is 2.46. The van der Waals surface area contributed by atoms with Crippen molar-refractivity contribution in [1.82, 2.24) is 5.32 Å². The monoisotopic (exact) mass is 295 g/mol. The van der Waals surface area contributed by atoms with E-state index in [2.05, 4.69) is 5.32 Å². The summed E-state index contributed by atoms with van der Waals surface area (Å²) in [5.41, 5.74) is 1.60. The zero-order chi connectivity index (χ0) is 14.5. The van der Waals surface area contributed by atoms with Crippen LogP contribution in [0.5, 0.6) is 0 Å². The Morgan fingerprint density at radius 3 is 2.40 bits per heavy atom. The molecule has 2 rings (SSSR count). The summed E-state index contributed by atoms with van der Waals surface area (Å²) in [5, 5.41) is 2.58. The highest BCUT2D eigenvalue weighted by Gasteiger charge is 2.08. The lowest BCUT2D eigenvalue weighted by Crippen LogP contribution is -2.23. The summed E-state index contributed by atoms with van der Waals surface area (Å²) in [6.07, 6.45) is 0. The van der Waals surface area contributed by atoms with E-state index in [1.807, 2.05) is 0 Å². The van der Waals surface area contributed by atoms with Gasteiger partial charge < -0.3 is 5.32 Å². The third kappa shape index (κ3) is 3.54. The molecule has 0 aliphatic heterocycles. The minimum absolute atomic E-state index is 0.00219. The van der Waals surface area contributed by atoms with Gasteiger partial charge in [-0.3, -0.25) is 4.79 Å². The maximum atomic E-state index is 13.4. The van der Waals surface area contributed by atoms with E-state index in [4.69, 9.17) is 11.6 Å². The van der Waals surface area contributed by atoms with Crippen molar-refractivity contribution in [2.24, 2.45) is 0 Å². The molecule has 20 heavy (non-hydrogen) atoms. The largest absolute Gasteiger partial charge is 0.348 e. The van der Waals surface area contributed by atoms with Gasteiger partial charge in [0.2, 0.25) is 0 Å². The first-order chi connectivity index (χ1) is 9.60. The van der Waals surface area contributed by atoms with Gasteiger partial charge in [-0.1, -0.05) is 18.2 Å². The number of hydrogen-bond acceptors (Lipinski definition) is 1. The van der Waals surface area contributed by atoms with Crippen molar-refractivity contribution < 1.29 is 13.6 Å². The van der Waals surface area contributed by atoms with Crippen molar-refractivity contribution in [3.05, 3.63) is 70.8 Å². The predicted molar refractivity (Wildman–Crippen MR) is 73.5 cm³/mol. The summed E-state index contributed by atoms with van der Waals surface area (Å²) >= 11 is 5.66. The Morgan fingerprint density at radius 1 is 1.10 bits per heavy atom. The van der Waals surface area contributed by atoms with E-state index in [-0.39, 0.29) is 18.0 Å². The van der Waals surface area contributed by atoms with Gasteiger partial charge in [0.25, 0.3) is 5.91 Å². The van der Waals surface area contributed by atoms with Crippen LogP contribution < -0.4 is 5.32 Å². The molecule has 2 aromatic rings. The zero-order valence-corrected chi connectivity index (χ0v) is 11.3. The lowest BCUT2D eigenvalue weighted by molar-refractivity contribution is 0.0950. The molecule has 1 amide bonds.